The summed E-state index contributed by atoms with van der Waals surface area (Å²) in [6.45, 7) is -1.70. The van der Waals surface area contributed by atoms with Crippen LogP contribution in [0.1, 0.15) is 0 Å². The lowest BCUT2D eigenvalue weighted by atomic mass is 10.0. The van der Waals surface area contributed by atoms with Crippen LogP contribution in [0.3, 0.4) is 0 Å². The molecule has 128 valence electrons. The third-order valence-electron chi connectivity index (χ3n) is 3.11. The van der Waals surface area contributed by atoms with Crippen molar-refractivity contribution in [1.29, 1.82) is 0 Å². The van der Waals surface area contributed by atoms with E-state index in [2.05, 4.69) is 4.98 Å². The molecule has 1 aromatic heterocycles. The predicted molar refractivity (Wildman–Crippen MR) is 77.6 cm³/mol. The summed E-state index contributed by atoms with van der Waals surface area (Å²) in [5.41, 5.74) is 0.0745. The summed E-state index contributed by atoms with van der Waals surface area (Å²) in [6.07, 6.45) is -4.24. The van der Waals surface area contributed by atoms with Crippen molar-refractivity contribution in [1.82, 2.24) is 4.98 Å². The Morgan fingerprint density at radius 2 is 2.00 bits per heavy atom. The first-order chi connectivity index (χ1) is 11.2. The van der Waals surface area contributed by atoms with Crippen molar-refractivity contribution in [2.45, 2.75) is 6.18 Å². The molecule has 0 saturated carbocycles. The number of aromatic nitrogens is 1. The highest BCUT2D eigenvalue weighted by Crippen LogP contribution is 2.37. The van der Waals surface area contributed by atoms with Crippen LogP contribution in [0.2, 0.25) is 0 Å². The second-order valence-corrected chi connectivity index (χ2v) is 4.72. The van der Waals surface area contributed by atoms with Gasteiger partial charge in [0, 0.05) is 23.4 Å². The van der Waals surface area contributed by atoms with Gasteiger partial charge in [-0.25, -0.2) is 9.18 Å². The second-order valence-electron chi connectivity index (χ2n) is 4.72. The molecule has 24 heavy (non-hydrogen) atoms. The van der Waals surface area contributed by atoms with Gasteiger partial charge in [0.05, 0.1) is 19.0 Å². The molecule has 0 fully saturated rings. The fourth-order valence-corrected chi connectivity index (χ4v) is 2.15. The van der Waals surface area contributed by atoms with Gasteiger partial charge in [-0.3, -0.25) is 9.88 Å². The molecule has 0 aliphatic carbocycles. The number of amides is 1. The highest BCUT2D eigenvalue weighted by Gasteiger charge is 2.35. The summed E-state index contributed by atoms with van der Waals surface area (Å²) in [7, 11) is 1.27. The Morgan fingerprint density at radius 1 is 1.29 bits per heavy atom. The zero-order valence-corrected chi connectivity index (χ0v) is 12.3. The molecule has 0 saturated heterocycles. The number of hydrogen-bond acceptors (Lipinski definition) is 3. The van der Waals surface area contributed by atoms with E-state index in [1.807, 2.05) is 0 Å². The van der Waals surface area contributed by atoms with Crippen LogP contribution in [0.25, 0.3) is 11.1 Å². The summed E-state index contributed by atoms with van der Waals surface area (Å²) in [5, 5.41) is 9.14. The number of ether oxygens (including phenoxy) is 1. The van der Waals surface area contributed by atoms with E-state index in [0.717, 1.165) is 18.3 Å². The van der Waals surface area contributed by atoms with Crippen LogP contribution < -0.4 is 9.64 Å². The van der Waals surface area contributed by atoms with Gasteiger partial charge in [0.2, 0.25) is 0 Å². The van der Waals surface area contributed by atoms with Gasteiger partial charge in [0.25, 0.3) is 0 Å². The first-order valence-corrected chi connectivity index (χ1v) is 6.58. The Hall–Kier alpha value is -2.84. The molecule has 1 N–H and O–H groups in total. The molecule has 9 heteroatoms. The van der Waals surface area contributed by atoms with E-state index in [0.29, 0.717) is 0 Å². The second kappa shape index (κ2) is 6.73. The van der Waals surface area contributed by atoms with Crippen LogP contribution >= 0.6 is 0 Å². The largest absolute Gasteiger partial charge is 0.496 e. The number of carbonyl (C=O) groups is 1. The average Bonchev–Trinajstić information content (AvgIpc) is 2.51. The fourth-order valence-electron chi connectivity index (χ4n) is 2.15. The summed E-state index contributed by atoms with van der Waals surface area (Å²) in [4.78, 5) is 15.1. The summed E-state index contributed by atoms with van der Waals surface area (Å²) >= 11 is 0. The van der Waals surface area contributed by atoms with Gasteiger partial charge < -0.3 is 9.84 Å². The maximum Gasteiger partial charge on any atom is 0.412 e. The number of pyridine rings is 1. The van der Waals surface area contributed by atoms with E-state index in [1.165, 1.54) is 25.4 Å². The molecule has 0 radical (unpaired) electrons. The monoisotopic (exact) mass is 344 g/mol. The first-order valence-electron chi connectivity index (χ1n) is 6.58. The molecule has 0 aliphatic rings. The Labute approximate surface area is 134 Å². The van der Waals surface area contributed by atoms with Crippen LogP contribution in [0.5, 0.6) is 5.75 Å². The van der Waals surface area contributed by atoms with Crippen LogP contribution in [0, 0.1) is 5.82 Å². The minimum absolute atomic E-state index is 0.0554. The van der Waals surface area contributed by atoms with Gasteiger partial charge in [0.15, 0.2) is 0 Å². The zero-order chi connectivity index (χ0) is 17.9. The molecule has 0 spiro atoms. The molecule has 5 nitrogen and oxygen atoms in total. The van der Waals surface area contributed by atoms with E-state index in [9.17, 15) is 22.4 Å². The highest BCUT2D eigenvalue weighted by atomic mass is 19.4. The number of benzene rings is 1. The maximum atomic E-state index is 13.3. The number of alkyl halides is 3. The van der Waals surface area contributed by atoms with Gasteiger partial charge in [-0.1, -0.05) is 0 Å². The van der Waals surface area contributed by atoms with Crippen molar-refractivity contribution in [2.24, 2.45) is 0 Å². The molecular weight excluding hydrogens is 332 g/mol. The minimum atomic E-state index is -4.74. The SMILES string of the molecule is COc1cc(F)ccc1-c1ccncc1N(CC(F)(F)F)C(=O)O. The van der Waals surface area contributed by atoms with Crippen LogP contribution in [0.4, 0.5) is 28.0 Å². The molecule has 0 bridgehead atoms. The van der Waals surface area contributed by atoms with Gasteiger partial charge in [-0.05, 0) is 18.2 Å². The topological polar surface area (TPSA) is 62.7 Å². The molecule has 2 rings (SSSR count). The van der Waals surface area contributed by atoms with Crippen LogP contribution in [0.15, 0.2) is 36.7 Å². The summed E-state index contributed by atoms with van der Waals surface area (Å²) < 4.78 is 56.4. The first kappa shape index (κ1) is 17.5. The average molecular weight is 344 g/mol. The number of methoxy groups -OCH3 is 1. The lowest BCUT2D eigenvalue weighted by Crippen LogP contribution is -2.38. The Balaban J connectivity index is 2.60. The molecule has 0 unspecified atom stereocenters. The van der Waals surface area contributed by atoms with E-state index in [1.54, 1.807) is 0 Å². The number of nitrogens with zero attached hydrogens (tertiary/aromatic N) is 2. The molecule has 1 amide bonds. The van der Waals surface area contributed by atoms with Crippen molar-refractivity contribution >= 4 is 11.8 Å². The number of anilines is 1. The number of halogens is 4. The molecule has 2 aromatic rings. The normalized spacial score (nSPS) is 11.2. The van der Waals surface area contributed by atoms with E-state index >= 15 is 0 Å². The van der Waals surface area contributed by atoms with E-state index < -0.39 is 24.6 Å². The third-order valence-corrected chi connectivity index (χ3v) is 3.11. The number of hydrogen-bond donors (Lipinski definition) is 1. The van der Waals surface area contributed by atoms with Crippen molar-refractivity contribution in [3.63, 3.8) is 0 Å². The lowest BCUT2D eigenvalue weighted by molar-refractivity contribution is -0.119. The summed E-state index contributed by atoms with van der Waals surface area (Å²) in [6, 6.07) is 4.77. The highest BCUT2D eigenvalue weighted by molar-refractivity contribution is 5.93. The molecule has 1 heterocycles. The molecule has 0 aliphatic heterocycles. The third kappa shape index (κ3) is 3.92. The van der Waals surface area contributed by atoms with Crippen molar-refractivity contribution < 1.29 is 32.2 Å². The number of carboxylic acid groups (broad SMARTS) is 1. The van der Waals surface area contributed by atoms with Crippen LogP contribution in [-0.2, 0) is 0 Å². The fraction of sp³-hybridized carbons (Fsp3) is 0.200. The zero-order valence-electron chi connectivity index (χ0n) is 12.3. The molecular formula is C15H12F4N2O3. The maximum absolute atomic E-state index is 13.3. The van der Waals surface area contributed by atoms with Gasteiger partial charge in [-0.15, -0.1) is 0 Å². The van der Waals surface area contributed by atoms with Gasteiger partial charge in [-0.2, -0.15) is 13.2 Å². The Morgan fingerprint density at radius 3 is 2.58 bits per heavy atom. The molecule has 1 aromatic carbocycles. The quantitative estimate of drug-likeness (QED) is 0.854. The Kier molecular flexibility index (Phi) is 4.91. The van der Waals surface area contributed by atoms with Crippen molar-refractivity contribution in [3.05, 3.63) is 42.5 Å². The lowest BCUT2D eigenvalue weighted by Gasteiger charge is -2.23. The smallest absolute Gasteiger partial charge is 0.412 e. The Bertz CT molecular complexity index is 750. The molecule has 0 atom stereocenters. The van der Waals surface area contributed by atoms with Crippen LogP contribution in [-0.4, -0.2) is 36.0 Å². The van der Waals surface area contributed by atoms with Gasteiger partial charge >= 0.3 is 12.3 Å². The van der Waals surface area contributed by atoms with Crippen molar-refractivity contribution in [3.8, 4) is 16.9 Å². The summed E-state index contributed by atoms with van der Waals surface area (Å²) in [5.74, 6) is -0.545. The number of rotatable bonds is 4. The minimum Gasteiger partial charge on any atom is -0.496 e. The van der Waals surface area contributed by atoms with Gasteiger partial charge in [0.1, 0.15) is 18.1 Å². The standard InChI is InChI=1S/C15H12F4N2O3/c1-24-13-6-9(16)2-3-11(13)10-4-5-20-7-12(10)21(14(22)23)8-15(17,18)19/h2-7H,8H2,1H3,(H,22,23). The van der Waals surface area contributed by atoms with Crippen molar-refractivity contribution in [2.75, 3.05) is 18.6 Å². The van der Waals surface area contributed by atoms with E-state index in [-0.39, 0.29) is 27.5 Å². The predicted octanol–water partition coefficient (Wildman–Crippen LogP) is 3.94. The van der Waals surface area contributed by atoms with E-state index in [4.69, 9.17) is 9.84 Å².